The molecule has 1 N–H and O–H groups in total. The third-order valence-corrected chi connectivity index (χ3v) is 5.13. The topological polar surface area (TPSA) is 49.4 Å². The van der Waals surface area contributed by atoms with E-state index in [-0.39, 0.29) is 11.8 Å². The molecule has 1 atom stereocenters. The number of carbonyl (C=O) groups is 2. The number of nitrogens with one attached hydrogen (secondary N) is 1. The molecule has 2 fully saturated rings. The SMILES string of the molecule is CC1C(=O)NC2(CCCC2)C(=O)N1c1ccc(Cl)c(Cl)c1. The summed E-state index contributed by atoms with van der Waals surface area (Å²) >= 11 is 12.0. The Hall–Kier alpha value is -1.26. The highest BCUT2D eigenvalue weighted by atomic mass is 35.5. The highest BCUT2D eigenvalue weighted by Crippen LogP contribution is 2.37. The fourth-order valence-corrected chi connectivity index (χ4v) is 3.50. The summed E-state index contributed by atoms with van der Waals surface area (Å²) in [5.41, 5.74) is -0.126. The number of carbonyl (C=O) groups excluding carboxylic acids is 2. The molecule has 21 heavy (non-hydrogen) atoms. The van der Waals surface area contributed by atoms with Gasteiger partial charge in [-0.3, -0.25) is 14.5 Å². The van der Waals surface area contributed by atoms with Gasteiger partial charge in [-0.2, -0.15) is 0 Å². The first-order chi connectivity index (χ1) is 9.94. The molecule has 2 aliphatic rings. The second-order valence-corrected chi connectivity index (χ2v) is 6.54. The average molecular weight is 327 g/mol. The Balaban J connectivity index is 2.03. The second kappa shape index (κ2) is 5.18. The van der Waals surface area contributed by atoms with Gasteiger partial charge in [-0.15, -0.1) is 0 Å². The van der Waals surface area contributed by atoms with E-state index in [1.807, 2.05) is 0 Å². The predicted octanol–water partition coefficient (Wildman–Crippen LogP) is 3.16. The average Bonchev–Trinajstić information content (AvgIpc) is 2.90. The van der Waals surface area contributed by atoms with Crippen LogP contribution >= 0.6 is 23.2 Å². The number of hydrogen-bond donors (Lipinski definition) is 1. The van der Waals surface area contributed by atoms with E-state index in [0.717, 1.165) is 12.8 Å². The van der Waals surface area contributed by atoms with Crippen LogP contribution in [0.1, 0.15) is 32.6 Å². The van der Waals surface area contributed by atoms with Crippen molar-refractivity contribution in [2.24, 2.45) is 0 Å². The Kier molecular flexibility index (Phi) is 3.62. The van der Waals surface area contributed by atoms with E-state index in [9.17, 15) is 9.59 Å². The van der Waals surface area contributed by atoms with Gasteiger partial charge in [-0.25, -0.2) is 0 Å². The van der Waals surface area contributed by atoms with Crippen molar-refractivity contribution in [3.8, 4) is 0 Å². The third-order valence-electron chi connectivity index (χ3n) is 4.40. The molecule has 1 aliphatic carbocycles. The molecule has 1 aliphatic heterocycles. The summed E-state index contributed by atoms with van der Waals surface area (Å²) in [6, 6.07) is 4.46. The zero-order chi connectivity index (χ0) is 15.2. The van der Waals surface area contributed by atoms with Gasteiger partial charge >= 0.3 is 0 Å². The second-order valence-electron chi connectivity index (χ2n) is 5.73. The quantitative estimate of drug-likeness (QED) is 0.861. The highest BCUT2D eigenvalue weighted by Gasteiger charge is 2.51. The molecule has 6 heteroatoms. The predicted molar refractivity (Wildman–Crippen MR) is 82.8 cm³/mol. The van der Waals surface area contributed by atoms with Crippen LogP contribution < -0.4 is 10.2 Å². The lowest BCUT2D eigenvalue weighted by molar-refractivity contribution is -0.137. The van der Waals surface area contributed by atoms with Gasteiger partial charge < -0.3 is 5.32 Å². The van der Waals surface area contributed by atoms with Crippen molar-refractivity contribution in [1.29, 1.82) is 0 Å². The fourth-order valence-electron chi connectivity index (χ4n) is 3.21. The van der Waals surface area contributed by atoms with Crippen LogP contribution in [0.4, 0.5) is 5.69 Å². The number of hydrogen-bond acceptors (Lipinski definition) is 2. The maximum atomic E-state index is 12.9. The van der Waals surface area contributed by atoms with E-state index in [0.29, 0.717) is 28.6 Å². The molecule has 1 aromatic rings. The number of benzene rings is 1. The summed E-state index contributed by atoms with van der Waals surface area (Å²) in [7, 11) is 0. The van der Waals surface area contributed by atoms with Crippen molar-refractivity contribution in [3.05, 3.63) is 28.2 Å². The molecule has 3 rings (SSSR count). The standard InChI is InChI=1S/C15H16Cl2N2O2/c1-9-13(20)18-15(6-2-3-7-15)14(21)19(9)10-4-5-11(16)12(17)8-10/h4-5,8-9H,2-3,6-7H2,1H3,(H,18,20). The third kappa shape index (κ3) is 2.30. The molecule has 1 saturated carbocycles. The van der Waals surface area contributed by atoms with Crippen LogP contribution in [-0.4, -0.2) is 23.4 Å². The fraction of sp³-hybridized carbons (Fsp3) is 0.467. The van der Waals surface area contributed by atoms with Gasteiger partial charge in [0.25, 0.3) is 5.91 Å². The van der Waals surface area contributed by atoms with Crippen LogP contribution in [0.15, 0.2) is 18.2 Å². The van der Waals surface area contributed by atoms with Gasteiger partial charge in [0.05, 0.1) is 10.0 Å². The van der Waals surface area contributed by atoms with Crippen molar-refractivity contribution < 1.29 is 9.59 Å². The number of nitrogens with zero attached hydrogens (tertiary/aromatic N) is 1. The zero-order valence-electron chi connectivity index (χ0n) is 11.7. The Morgan fingerprint density at radius 1 is 1.19 bits per heavy atom. The minimum Gasteiger partial charge on any atom is -0.340 e. The molecule has 1 saturated heterocycles. The smallest absolute Gasteiger partial charge is 0.253 e. The van der Waals surface area contributed by atoms with Crippen LogP contribution in [-0.2, 0) is 9.59 Å². The van der Waals surface area contributed by atoms with Gasteiger partial charge in [-0.1, -0.05) is 36.0 Å². The van der Waals surface area contributed by atoms with Gasteiger partial charge in [0, 0.05) is 5.69 Å². The summed E-state index contributed by atoms with van der Waals surface area (Å²) in [6.45, 7) is 1.72. The number of halogens is 2. The van der Waals surface area contributed by atoms with Crippen molar-refractivity contribution >= 4 is 40.7 Å². The minimum absolute atomic E-state index is 0.0505. The molecule has 0 bridgehead atoms. The van der Waals surface area contributed by atoms with E-state index in [1.165, 1.54) is 0 Å². The molecule has 2 amide bonds. The van der Waals surface area contributed by atoms with Crippen LogP contribution in [0.2, 0.25) is 10.0 Å². The van der Waals surface area contributed by atoms with Crippen LogP contribution in [0, 0.1) is 0 Å². The van der Waals surface area contributed by atoms with E-state index < -0.39 is 11.6 Å². The molecule has 1 heterocycles. The Bertz CT molecular complexity index is 612. The molecular formula is C15H16Cl2N2O2. The molecule has 1 spiro atoms. The first kappa shape index (κ1) is 14.7. The molecule has 0 aromatic heterocycles. The molecular weight excluding hydrogens is 311 g/mol. The van der Waals surface area contributed by atoms with E-state index >= 15 is 0 Å². The number of amides is 2. The van der Waals surface area contributed by atoms with Gasteiger partial charge in [0.15, 0.2) is 0 Å². The van der Waals surface area contributed by atoms with E-state index in [4.69, 9.17) is 23.2 Å². The lowest BCUT2D eigenvalue weighted by Crippen LogP contribution is -2.69. The van der Waals surface area contributed by atoms with Gasteiger partial charge in [0.1, 0.15) is 11.6 Å². The maximum absolute atomic E-state index is 12.9. The van der Waals surface area contributed by atoms with Crippen LogP contribution in [0.5, 0.6) is 0 Å². The summed E-state index contributed by atoms with van der Waals surface area (Å²) in [6.07, 6.45) is 3.30. The number of anilines is 1. The summed E-state index contributed by atoms with van der Waals surface area (Å²) in [4.78, 5) is 26.8. The number of rotatable bonds is 1. The molecule has 112 valence electrons. The summed E-state index contributed by atoms with van der Waals surface area (Å²) < 4.78 is 0. The molecule has 1 unspecified atom stereocenters. The molecule has 0 radical (unpaired) electrons. The molecule has 4 nitrogen and oxygen atoms in total. The van der Waals surface area contributed by atoms with Crippen molar-refractivity contribution in [2.75, 3.05) is 4.90 Å². The van der Waals surface area contributed by atoms with E-state index in [2.05, 4.69) is 5.32 Å². The Morgan fingerprint density at radius 3 is 2.48 bits per heavy atom. The van der Waals surface area contributed by atoms with Crippen molar-refractivity contribution in [3.63, 3.8) is 0 Å². The minimum atomic E-state index is -0.740. The normalized spacial score (nSPS) is 24.5. The van der Waals surface area contributed by atoms with Crippen LogP contribution in [0.3, 0.4) is 0 Å². The van der Waals surface area contributed by atoms with E-state index in [1.54, 1.807) is 30.0 Å². The molecule has 1 aromatic carbocycles. The Labute approximate surface area is 133 Å². The summed E-state index contributed by atoms with van der Waals surface area (Å²) in [5, 5.41) is 3.73. The van der Waals surface area contributed by atoms with Crippen molar-refractivity contribution in [2.45, 2.75) is 44.2 Å². The first-order valence-electron chi connectivity index (χ1n) is 7.05. The van der Waals surface area contributed by atoms with Crippen LogP contribution in [0.25, 0.3) is 0 Å². The first-order valence-corrected chi connectivity index (χ1v) is 7.81. The lowest BCUT2D eigenvalue weighted by atomic mass is 9.90. The Morgan fingerprint density at radius 2 is 1.86 bits per heavy atom. The van der Waals surface area contributed by atoms with Crippen molar-refractivity contribution in [1.82, 2.24) is 5.32 Å². The number of piperazine rings is 1. The monoisotopic (exact) mass is 326 g/mol. The summed E-state index contributed by atoms with van der Waals surface area (Å²) in [5.74, 6) is -0.173. The zero-order valence-corrected chi connectivity index (χ0v) is 13.2. The highest BCUT2D eigenvalue weighted by molar-refractivity contribution is 6.42. The lowest BCUT2D eigenvalue weighted by Gasteiger charge is -2.43. The van der Waals surface area contributed by atoms with Gasteiger partial charge in [0.2, 0.25) is 5.91 Å². The maximum Gasteiger partial charge on any atom is 0.253 e. The van der Waals surface area contributed by atoms with Gasteiger partial charge in [-0.05, 0) is 38.0 Å². The largest absolute Gasteiger partial charge is 0.340 e.